The van der Waals surface area contributed by atoms with Crippen molar-refractivity contribution in [1.29, 1.82) is 0 Å². The largest absolute Gasteiger partial charge is 0.355 e. The SMILES string of the molecule is CCc1nncn1CCNC(=NC)NCc1ccccc1-n1nc(C)cc1C. The lowest BCUT2D eigenvalue weighted by Gasteiger charge is -2.15. The molecule has 0 fully saturated rings. The van der Waals surface area contributed by atoms with Gasteiger partial charge in [-0.3, -0.25) is 4.99 Å². The zero-order valence-corrected chi connectivity index (χ0v) is 17.0. The van der Waals surface area contributed by atoms with Crippen molar-refractivity contribution >= 4 is 5.96 Å². The highest BCUT2D eigenvalue weighted by molar-refractivity contribution is 5.79. The molecule has 0 aliphatic heterocycles. The third-order valence-electron chi connectivity index (χ3n) is 4.56. The summed E-state index contributed by atoms with van der Waals surface area (Å²) in [6.45, 7) is 8.34. The van der Waals surface area contributed by atoms with Crippen LogP contribution in [0.15, 0.2) is 41.7 Å². The Labute approximate surface area is 165 Å². The van der Waals surface area contributed by atoms with E-state index in [1.165, 1.54) is 0 Å². The maximum atomic E-state index is 4.61. The second-order valence-electron chi connectivity index (χ2n) is 6.61. The number of aryl methyl sites for hydroxylation is 3. The zero-order valence-electron chi connectivity index (χ0n) is 17.0. The van der Waals surface area contributed by atoms with Gasteiger partial charge in [0.05, 0.1) is 11.4 Å². The number of guanidine groups is 1. The number of hydrogen-bond acceptors (Lipinski definition) is 4. The number of aromatic nitrogens is 5. The average molecular weight is 381 g/mol. The first kappa shape index (κ1) is 19.6. The van der Waals surface area contributed by atoms with Crippen molar-refractivity contribution in [3.05, 3.63) is 59.4 Å². The summed E-state index contributed by atoms with van der Waals surface area (Å²) < 4.78 is 4.04. The number of nitrogens with zero attached hydrogens (tertiary/aromatic N) is 6. The molecule has 2 N–H and O–H groups in total. The molecular formula is C20H28N8. The van der Waals surface area contributed by atoms with E-state index in [0.717, 1.165) is 53.9 Å². The first-order valence-electron chi connectivity index (χ1n) is 9.55. The maximum absolute atomic E-state index is 4.61. The molecule has 2 aromatic heterocycles. The molecule has 0 aliphatic rings. The van der Waals surface area contributed by atoms with E-state index in [9.17, 15) is 0 Å². The molecule has 0 radical (unpaired) electrons. The fourth-order valence-corrected chi connectivity index (χ4v) is 3.17. The van der Waals surface area contributed by atoms with Crippen LogP contribution >= 0.6 is 0 Å². The lowest BCUT2D eigenvalue weighted by Crippen LogP contribution is -2.38. The molecular weight excluding hydrogens is 352 g/mol. The van der Waals surface area contributed by atoms with Gasteiger partial charge >= 0.3 is 0 Å². The lowest BCUT2D eigenvalue weighted by molar-refractivity contribution is 0.632. The van der Waals surface area contributed by atoms with Crippen LogP contribution in [0.25, 0.3) is 5.69 Å². The van der Waals surface area contributed by atoms with Gasteiger partial charge in [0, 0.05) is 38.8 Å². The molecule has 2 heterocycles. The van der Waals surface area contributed by atoms with E-state index in [4.69, 9.17) is 0 Å². The number of para-hydroxylation sites is 1. The van der Waals surface area contributed by atoms with Crippen LogP contribution in [0.3, 0.4) is 0 Å². The van der Waals surface area contributed by atoms with Crippen molar-refractivity contribution in [2.75, 3.05) is 13.6 Å². The summed E-state index contributed by atoms with van der Waals surface area (Å²) in [4.78, 5) is 4.32. The molecule has 3 aromatic rings. The summed E-state index contributed by atoms with van der Waals surface area (Å²) in [7, 11) is 1.78. The van der Waals surface area contributed by atoms with E-state index in [0.29, 0.717) is 6.54 Å². The van der Waals surface area contributed by atoms with Crippen LogP contribution in [0.5, 0.6) is 0 Å². The monoisotopic (exact) mass is 380 g/mol. The fourth-order valence-electron chi connectivity index (χ4n) is 3.17. The van der Waals surface area contributed by atoms with Crippen LogP contribution in [0.1, 0.15) is 29.7 Å². The predicted octanol–water partition coefficient (Wildman–Crippen LogP) is 2.01. The minimum atomic E-state index is 0.654. The Bertz CT molecular complexity index is 937. The van der Waals surface area contributed by atoms with E-state index in [1.807, 2.05) is 23.7 Å². The molecule has 0 unspecified atom stereocenters. The van der Waals surface area contributed by atoms with Crippen molar-refractivity contribution in [3.63, 3.8) is 0 Å². The van der Waals surface area contributed by atoms with Crippen molar-refractivity contribution in [2.24, 2.45) is 4.99 Å². The Morgan fingerprint density at radius 1 is 1.18 bits per heavy atom. The highest BCUT2D eigenvalue weighted by atomic mass is 15.3. The first-order chi connectivity index (χ1) is 13.6. The van der Waals surface area contributed by atoms with Crippen LogP contribution in [0.4, 0.5) is 0 Å². The third-order valence-corrected chi connectivity index (χ3v) is 4.56. The first-order valence-corrected chi connectivity index (χ1v) is 9.55. The van der Waals surface area contributed by atoms with Gasteiger partial charge in [0.25, 0.3) is 0 Å². The number of aliphatic imine (C=N–C) groups is 1. The molecule has 0 atom stereocenters. The molecule has 1 aromatic carbocycles. The average Bonchev–Trinajstić information content (AvgIpc) is 3.29. The summed E-state index contributed by atoms with van der Waals surface area (Å²) in [6.07, 6.45) is 2.64. The smallest absolute Gasteiger partial charge is 0.191 e. The molecule has 8 nitrogen and oxygen atoms in total. The summed E-state index contributed by atoms with van der Waals surface area (Å²) in [5, 5.41) is 19.4. The van der Waals surface area contributed by atoms with Gasteiger partial charge in [-0.25, -0.2) is 4.68 Å². The molecule has 0 saturated heterocycles. The van der Waals surface area contributed by atoms with Crippen LogP contribution in [0, 0.1) is 13.8 Å². The van der Waals surface area contributed by atoms with E-state index in [-0.39, 0.29) is 0 Å². The molecule has 0 spiro atoms. The van der Waals surface area contributed by atoms with Gasteiger partial charge in [-0.2, -0.15) is 5.10 Å². The van der Waals surface area contributed by atoms with Gasteiger partial charge in [-0.15, -0.1) is 10.2 Å². The maximum Gasteiger partial charge on any atom is 0.191 e. The van der Waals surface area contributed by atoms with Gasteiger partial charge in [-0.05, 0) is 31.5 Å². The van der Waals surface area contributed by atoms with Crippen LogP contribution in [-0.4, -0.2) is 44.1 Å². The van der Waals surface area contributed by atoms with Gasteiger partial charge < -0.3 is 15.2 Å². The zero-order chi connectivity index (χ0) is 19.9. The van der Waals surface area contributed by atoms with Crippen molar-refractivity contribution in [3.8, 4) is 5.69 Å². The lowest BCUT2D eigenvalue weighted by atomic mass is 10.1. The van der Waals surface area contributed by atoms with Gasteiger partial charge in [0.1, 0.15) is 12.2 Å². The van der Waals surface area contributed by atoms with E-state index >= 15 is 0 Å². The van der Waals surface area contributed by atoms with Crippen molar-refractivity contribution in [2.45, 2.75) is 40.3 Å². The highest BCUT2D eigenvalue weighted by Gasteiger charge is 2.09. The number of nitrogens with one attached hydrogen (secondary N) is 2. The summed E-state index contributed by atoms with van der Waals surface area (Å²) in [5.41, 5.74) is 4.36. The second-order valence-corrected chi connectivity index (χ2v) is 6.61. The van der Waals surface area contributed by atoms with E-state index < -0.39 is 0 Å². The standard InChI is InChI=1S/C20H28N8/c1-5-19-25-24-14-27(19)11-10-22-20(21-4)23-13-17-8-6-7-9-18(17)28-16(3)12-15(2)26-28/h6-9,12,14H,5,10-11,13H2,1-4H3,(H2,21,22,23). The molecule has 0 amide bonds. The second kappa shape index (κ2) is 9.16. The normalized spacial score (nSPS) is 11.6. The Morgan fingerprint density at radius 3 is 2.71 bits per heavy atom. The van der Waals surface area contributed by atoms with E-state index in [1.54, 1.807) is 13.4 Å². The molecule has 8 heteroatoms. The number of benzene rings is 1. The Kier molecular flexibility index (Phi) is 6.41. The number of hydrogen-bond donors (Lipinski definition) is 2. The molecule has 0 bridgehead atoms. The summed E-state index contributed by atoms with van der Waals surface area (Å²) in [6, 6.07) is 10.4. The topological polar surface area (TPSA) is 85.0 Å². The Hall–Kier alpha value is -3.16. The third kappa shape index (κ3) is 4.57. The summed E-state index contributed by atoms with van der Waals surface area (Å²) in [5.74, 6) is 1.75. The van der Waals surface area contributed by atoms with Crippen LogP contribution in [0.2, 0.25) is 0 Å². The fraction of sp³-hybridized carbons (Fsp3) is 0.400. The highest BCUT2D eigenvalue weighted by Crippen LogP contribution is 2.16. The molecule has 0 saturated carbocycles. The van der Waals surface area contributed by atoms with Crippen molar-refractivity contribution < 1.29 is 0 Å². The minimum absolute atomic E-state index is 0.654. The predicted molar refractivity (Wildman–Crippen MR) is 111 cm³/mol. The molecule has 148 valence electrons. The quantitative estimate of drug-likeness (QED) is 0.484. The molecule has 0 aliphatic carbocycles. The van der Waals surface area contributed by atoms with Crippen molar-refractivity contribution in [1.82, 2.24) is 35.2 Å². The van der Waals surface area contributed by atoms with Crippen LogP contribution in [-0.2, 0) is 19.5 Å². The summed E-state index contributed by atoms with van der Waals surface area (Å²) >= 11 is 0. The van der Waals surface area contributed by atoms with E-state index in [2.05, 4.69) is 67.5 Å². The van der Waals surface area contributed by atoms with Crippen LogP contribution < -0.4 is 10.6 Å². The van der Waals surface area contributed by atoms with Gasteiger partial charge in [0.15, 0.2) is 5.96 Å². The molecule has 3 rings (SSSR count). The Balaban J connectivity index is 1.61. The minimum Gasteiger partial charge on any atom is -0.355 e. The van der Waals surface area contributed by atoms with Gasteiger partial charge in [0.2, 0.25) is 0 Å². The van der Waals surface area contributed by atoms with Gasteiger partial charge in [-0.1, -0.05) is 25.1 Å². The molecule has 28 heavy (non-hydrogen) atoms. The Morgan fingerprint density at radius 2 is 2.00 bits per heavy atom. The number of rotatable bonds is 7.